The highest BCUT2D eigenvalue weighted by molar-refractivity contribution is 7.89. The largest absolute Gasteiger partial charge is 0.353 e. The summed E-state index contributed by atoms with van der Waals surface area (Å²) in [5, 5.41) is 3.20. The van der Waals surface area contributed by atoms with Crippen molar-refractivity contribution >= 4 is 27.0 Å². The van der Waals surface area contributed by atoms with Crippen LogP contribution in [0.25, 0.3) is 11.0 Å². The molecule has 1 aromatic carbocycles. The number of amides is 1. The van der Waals surface area contributed by atoms with E-state index in [1.807, 2.05) is 17.7 Å². The molecule has 170 valence electrons. The molecule has 31 heavy (non-hydrogen) atoms. The van der Waals surface area contributed by atoms with E-state index in [1.165, 1.54) is 19.3 Å². The van der Waals surface area contributed by atoms with Gasteiger partial charge in [0, 0.05) is 39.0 Å². The molecule has 2 fully saturated rings. The SMILES string of the molecule is C[C@@H]1CCCC[C@@H]1NC(=O)CCc1nc2cc(S(=O)(=O)N3CCCCC3)ccc2n1C. The van der Waals surface area contributed by atoms with Gasteiger partial charge in [0.1, 0.15) is 5.82 Å². The second-order valence-electron chi connectivity index (χ2n) is 9.14. The summed E-state index contributed by atoms with van der Waals surface area (Å²) in [6.45, 7) is 3.39. The molecule has 2 aromatic rings. The summed E-state index contributed by atoms with van der Waals surface area (Å²) in [6, 6.07) is 5.46. The van der Waals surface area contributed by atoms with Gasteiger partial charge in [-0.1, -0.05) is 26.2 Å². The van der Waals surface area contributed by atoms with E-state index in [9.17, 15) is 13.2 Å². The number of aryl methyl sites for hydroxylation is 2. The number of rotatable bonds is 6. The van der Waals surface area contributed by atoms with Crippen LogP contribution in [0.4, 0.5) is 0 Å². The maximum atomic E-state index is 13.0. The van der Waals surface area contributed by atoms with E-state index in [1.54, 1.807) is 16.4 Å². The fourth-order valence-electron chi connectivity index (χ4n) is 4.90. The number of nitrogens with one attached hydrogen (secondary N) is 1. The molecule has 7 nitrogen and oxygen atoms in total. The molecule has 2 aliphatic rings. The molecule has 1 aromatic heterocycles. The van der Waals surface area contributed by atoms with Crippen LogP contribution < -0.4 is 5.32 Å². The van der Waals surface area contributed by atoms with Gasteiger partial charge < -0.3 is 9.88 Å². The number of carbonyl (C=O) groups is 1. The lowest BCUT2D eigenvalue weighted by molar-refractivity contribution is -0.122. The number of imidazole rings is 1. The average Bonchev–Trinajstić information content (AvgIpc) is 3.09. The predicted molar refractivity (Wildman–Crippen MR) is 121 cm³/mol. The first-order chi connectivity index (χ1) is 14.9. The highest BCUT2D eigenvalue weighted by Crippen LogP contribution is 2.26. The minimum atomic E-state index is -3.48. The molecule has 0 unspecified atom stereocenters. The number of sulfonamides is 1. The molecule has 0 radical (unpaired) electrons. The lowest BCUT2D eigenvalue weighted by atomic mass is 9.86. The third-order valence-electron chi connectivity index (χ3n) is 6.93. The maximum absolute atomic E-state index is 13.0. The number of nitrogens with zero attached hydrogens (tertiary/aromatic N) is 3. The molecule has 0 spiro atoms. The molecular weight excluding hydrogens is 412 g/mol. The molecule has 1 saturated carbocycles. The van der Waals surface area contributed by atoms with E-state index >= 15 is 0 Å². The number of piperidine rings is 1. The zero-order valence-corrected chi connectivity index (χ0v) is 19.5. The minimum absolute atomic E-state index is 0.0687. The van der Waals surface area contributed by atoms with Crippen LogP contribution >= 0.6 is 0 Å². The monoisotopic (exact) mass is 446 g/mol. The van der Waals surface area contributed by atoms with Crippen molar-refractivity contribution in [2.45, 2.75) is 75.6 Å². The van der Waals surface area contributed by atoms with Crippen molar-refractivity contribution in [1.82, 2.24) is 19.2 Å². The Morgan fingerprint density at radius 3 is 2.61 bits per heavy atom. The summed E-state index contributed by atoms with van der Waals surface area (Å²) in [7, 11) is -1.56. The molecule has 0 bridgehead atoms. The van der Waals surface area contributed by atoms with E-state index in [0.717, 1.165) is 37.0 Å². The van der Waals surface area contributed by atoms with Crippen molar-refractivity contribution in [1.29, 1.82) is 0 Å². The Hall–Kier alpha value is -1.93. The Labute approximate surface area is 185 Å². The van der Waals surface area contributed by atoms with Crippen molar-refractivity contribution in [3.8, 4) is 0 Å². The first-order valence-electron chi connectivity index (χ1n) is 11.6. The van der Waals surface area contributed by atoms with E-state index in [4.69, 9.17) is 0 Å². The van der Waals surface area contributed by atoms with Crippen LogP contribution in [-0.4, -0.2) is 47.3 Å². The molecule has 1 aliphatic carbocycles. The average molecular weight is 447 g/mol. The third kappa shape index (κ3) is 4.80. The topological polar surface area (TPSA) is 84.3 Å². The van der Waals surface area contributed by atoms with Crippen LogP contribution in [-0.2, 0) is 28.3 Å². The van der Waals surface area contributed by atoms with Gasteiger partial charge in [0.25, 0.3) is 0 Å². The number of carbonyl (C=O) groups excluding carboxylic acids is 1. The Kier molecular flexibility index (Phi) is 6.67. The number of hydrogen-bond acceptors (Lipinski definition) is 4. The number of aromatic nitrogens is 2. The van der Waals surface area contributed by atoms with E-state index in [0.29, 0.717) is 42.3 Å². The first kappa shape index (κ1) is 22.3. The Balaban J connectivity index is 1.45. The molecule has 1 amide bonds. The van der Waals surface area contributed by atoms with Gasteiger partial charge in [-0.3, -0.25) is 4.79 Å². The lowest BCUT2D eigenvalue weighted by Gasteiger charge is -2.29. The van der Waals surface area contributed by atoms with Gasteiger partial charge in [-0.05, 0) is 49.8 Å². The fourth-order valence-corrected chi connectivity index (χ4v) is 6.44. The molecule has 8 heteroatoms. The van der Waals surface area contributed by atoms with Crippen LogP contribution in [0.5, 0.6) is 0 Å². The summed E-state index contributed by atoms with van der Waals surface area (Å²) < 4.78 is 29.5. The quantitative estimate of drug-likeness (QED) is 0.737. The zero-order valence-electron chi connectivity index (χ0n) is 18.6. The summed E-state index contributed by atoms with van der Waals surface area (Å²) in [4.78, 5) is 17.5. The molecule has 1 saturated heterocycles. The first-order valence-corrected chi connectivity index (χ1v) is 13.0. The molecule has 1 N–H and O–H groups in total. The second kappa shape index (κ2) is 9.28. The van der Waals surface area contributed by atoms with Crippen molar-refractivity contribution in [2.24, 2.45) is 13.0 Å². The molecule has 4 rings (SSSR count). The van der Waals surface area contributed by atoms with Crippen molar-refractivity contribution in [3.63, 3.8) is 0 Å². The molecule has 2 heterocycles. The Morgan fingerprint density at radius 2 is 1.87 bits per heavy atom. The van der Waals surface area contributed by atoms with Crippen LogP contribution in [0.15, 0.2) is 23.1 Å². The highest BCUT2D eigenvalue weighted by atomic mass is 32.2. The summed E-state index contributed by atoms with van der Waals surface area (Å²) >= 11 is 0. The summed E-state index contributed by atoms with van der Waals surface area (Å²) in [6.07, 6.45) is 8.51. The number of hydrogen-bond donors (Lipinski definition) is 1. The van der Waals surface area contributed by atoms with E-state index < -0.39 is 10.0 Å². The van der Waals surface area contributed by atoms with Gasteiger partial charge in [0.2, 0.25) is 15.9 Å². The standard InChI is InChI=1S/C23H34N4O3S/c1-17-8-4-5-9-19(17)25-23(28)13-12-22-24-20-16-18(10-11-21(20)26(22)2)31(29,30)27-14-6-3-7-15-27/h10-11,16-17,19H,3-9,12-15H2,1-2H3,(H,25,28)/t17-,19+/m1/s1. The summed E-state index contributed by atoms with van der Waals surface area (Å²) in [5.74, 6) is 1.40. The maximum Gasteiger partial charge on any atom is 0.243 e. The van der Waals surface area contributed by atoms with Crippen LogP contribution in [0.2, 0.25) is 0 Å². The van der Waals surface area contributed by atoms with Gasteiger partial charge in [0.15, 0.2) is 0 Å². The lowest BCUT2D eigenvalue weighted by Crippen LogP contribution is -2.41. The van der Waals surface area contributed by atoms with E-state index in [-0.39, 0.29) is 11.9 Å². The van der Waals surface area contributed by atoms with Crippen LogP contribution in [0.3, 0.4) is 0 Å². The normalized spacial score (nSPS) is 23.2. The fraction of sp³-hybridized carbons (Fsp3) is 0.652. The summed E-state index contributed by atoms with van der Waals surface area (Å²) in [5.41, 5.74) is 1.55. The van der Waals surface area contributed by atoms with Crippen molar-refractivity contribution in [2.75, 3.05) is 13.1 Å². The van der Waals surface area contributed by atoms with Gasteiger partial charge in [-0.15, -0.1) is 0 Å². The van der Waals surface area contributed by atoms with Gasteiger partial charge >= 0.3 is 0 Å². The van der Waals surface area contributed by atoms with Crippen LogP contribution in [0, 0.1) is 5.92 Å². The number of benzene rings is 1. The predicted octanol–water partition coefficient (Wildman–Crippen LogP) is 3.38. The van der Waals surface area contributed by atoms with Crippen LogP contribution in [0.1, 0.15) is 64.1 Å². The third-order valence-corrected chi connectivity index (χ3v) is 8.83. The van der Waals surface area contributed by atoms with E-state index in [2.05, 4.69) is 17.2 Å². The second-order valence-corrected chi connectivity index (χ2v) is 11.1. The Morgan fingerprint density at radius 1 is 1.13 bits per heavy atom. The minimum Gasteiger partial charge on any atom is -0.353 e. The number of fused-ring (bicyclic) bond motifs is 1. The zero-order chi connectivity index (χ0) is 22.0. The van der Waals surface area contributed by atoms with Gasteiger partial charge in [-0.2, -0.15) is 4.31 Å². The smallest absolute Gasteiger partial charge is 0.243 e. The van der Waals surface area contributed by atoms with Gasteiger partial charge in [0.05, 0.1) is 15.9 Å². The molecule has 2 atom stereocenters. The molecular formula is C23H34N4O3S. The van der Waals surface area contributed by atoms with Crippen molar-refractivity contribution < 1.29 is 13.2 Å². The Bertz CT molecular complexity index is 1040. The highest BCUT2D eigenvalue weighted by Gasteiger charge is 2.27. The van der Waals surface area contributed by atoms with Gasteiger partial charge in [-0.25, -0.2) is 13.4 Å². The molecule has 1 aliphatic heterocycles. The van der Waals surface area contributed by atoms with Crippen molar-refractivity contribution in [3.05, 3.63) is 24.0 Å².